The fourth-order valence-corrected chi connectivity index (χ4v) is 1.34. The van der Waals surface area contributed by atoms with E-state index in [2.05, 4.69) is 46.9 Å². The monoisotopic (exact) mass is 304 g/mol. The molecule has 0 atom stereocenters. The van der Waals surface area contributed by atoms with Gasteiger partial charge in [-0.25, -0.2) is 14.6 Å². The summed E-state index contributed by atoms with van der Waals surface area (Å²) in [5.74, 6) is 0.445. The van der Waals surface area contributed by atoms with Crippen molar-refractivity contribution in [2.24, 2.45) is 0 Å². The van der Waals surface area contributed by atoms with Crippen molar-refractivity contribution < 1.29 is 2.74 Å². The van der Waals surface area contributed by atoms with Gasteiger partial charge in [-0.2, -0.15) is 5.10 Å². The Labute approximate surface area is 94.1 Å². The van der Waals surface area contributed by atoms with Gasteiger partial charge in [0.25, 0.3) is 0 Å². The summed E-state index contributed by atoms with van der Waals surface area (Å²) >= 11 is 6.23. The molecule has 0 aliphatic rings. The zero-order valence-electron chi connectivity index (χ0n) is 8.20. The molecular formula is C7H4Br2N4. The van der Waals surface area contributed by atoms with E-state index in [9.17, 15) is 0 Å². The maximum absolute atomic E-state index is 7.68. The first kappa shape index (κ1) is 6.67. The van der Waals surface area contributed by atoms with Crippen molar-refractivity contribution in [3.8, 4) is 5.82 Å². The molecule has 2 aromatic rings. The lowest BCUT2D eigenvalue weighted by Gasteiger charge is -1.98. The molecule has 2 heterocycles. The average molecular weight is 306 g/mol. The summed E-state index contributed by atoms with van der Waals surface area (Å²) in [6.07, 6.45) is 1.64. The summed E-state index contributed by atoms with van der Waals surface area (Å²) in [6.45, 7) is 0. The van der Waals surface area contributed by atoms with Crippen LogP contribution in [0.5, 0.6) is 0 Å². The minimum absolute atomic E-state index is 0.00901. The Morgan fingerprint density at radius 2 is 2.31 bits per heavy atom. The van der Waals surface area contributed by atoms with Gasteiger partial charge >= 0.3 is 0 Å². The van der Waals surface area contributed by atoms with Crippen LogP contribution >= 0.6 is 31.9 Å². The molecule has 6 heteroatoms. The Hall–Kier alpha value is -0.750. The van der Waals surface area contributed by atoms with Crippen LogP contribution in [0, 0.1) is 0 Å². The zero-order valence-corrected chi connectivity index (χ0v) is 9.37. The van der Waals surface area contributed by atoms with Crippen LogP contribution in [0.4, 0.5) is 0 Å². The molecule has 0 spiro atoms. The predicted octanol–water partition coefficient (Wildman–Crippen LogP) is 2.19. The van der Waals surface area contributed by atoms with Crippen LogP contribution in [-0.4, -0.2) is 19.7 Å². The highest BCUT2D eigenvalue weighted by Gasteiger charge is 2.00. The summed E-state index contributed by atoms with van der Waals surface area (Å²) < 4.78 is 17.1. The first-order chi connectivity index (χ1) is 7.09. The first-order valence-electron chi connectivity index (χ1n) is 4.30. The summed E-state index contributed by atoms with van der Waals surface area (Å²) in [7, 11) is 0. The van der Waals surface area contributed by atoms with Crippen LogP contribution in [0.2, 0.25) is 0 Å². The smallest absolute Gasteiger partial charge is 0.198 e. The van der Waals surface area contributed by atoms with Gasteiger partial charge in [0.15, 0.2) is 10.6 Å². The summed E-state index contributed by atoms with van der Waals surface area (Å²) in [5, 5.41) is 3.86. The van der Waals surface area contributed by atoms with Crippen molar-refractivity contribution in [3.05, 3.63) is 33.8 Å². The Morgan fingerprint density at radius 1 is 1.46 bits per heavy atom. The van der Waals surface area contributed by atoms with E-state index in [0.717, 1.165) is 0 Å². The van der Waals surface area contributed by atoms with E-state index in [4.69, 9.17) is 2.74 Å². The van der Waals surface area contributed by atoms with E-state index in [1.54, 1.807) is 12.3 Å². The molecule has 0 saturated heterocycles. The molecule has 0 radical (unpaired) electrons. The van der Waals surface area contributed by atoms with Crippen molar-refractivity contribution in [1.82, 2.24) is 19.7 Å². The predicted molar refractivity (Wildman–Crippen MR) is 54.6 cm³/mol. The second-order valence-electron chi connectivity index (χ2n) is 2.13. The highest BCUT2D eigenvalue weighted by atomic mass is 79.9. The Balaban J connectivity index is 2.59. The molecule has 0 aliphatic carbocycles. The Morgan fingerprint density at radius 3 is 2.92 bits per heavy atom. The number of rotatable bonds is 1. The molecule has 2 rings (SSSR count). The Bertz CT molecular complexity index is 514. The number of aromatic nitrogens is 4. The van der Waals surface area contributed by atoms with Crippen LogP contribution in [0.25, 0.3) is 5.82 Å². The van der Waals surface area contributed by atoms with Gasteiger partial charge in [0.1, 0.15) is 0 Å². The van der Waals surface area contributed by atoms with E-state index in [0.29, 0.717) is 15.0 Å². The molecule has 0 amide bonds. The van der Waals surface area contributed by atoms with Crippen LogP contribution in [0.15, 0.2) is 33.8 Å². The molecule has 0 unspecified atom stereocenters. The highest BCUT2D eigenvalue weighted by Crippen LogP contribution is 2.11. The van der Waals surface area contributed by atoms with Crippen molar-refractivity contribution in [1.29, 1.82) is 0 Å². The molecular weight excluding hydrogens is 300 g/mol. The van der Waals surface area contributed by atoms with Crippen LogP contribution in [0.3, 0.4) is 0 Å². The lowest BCUT2D eigenvalue weighted by molar-refractivity contribution is 0.833. The van der Waals surface area contributed by atoms with E-state index >= 15 is 0 Å². The minimum Gasteiger partial charge on any atom is -0.231 e. The lowest BCUT2D eigenvalue weighted by Crippen LogP contribution is -1.98. The fraction of sp³-hybridized carbons (Fsp3) is 0. The highest BCUT2D eigenvalue weighted by molar-refractivity contribution is 9.10. The summed E-state index contributed by atoms with van der Waals surface area (Å²) in [4.78, 5) is 7.91. The molecule has 0 aliphatic heterocycles. The quantitative estimate of drug-likeness (QED) is 0.759. The molecule has 4 nitrogen and oxygen atoms in total. The molecule has 2 aromatic heterocycles. The Kier molecular flexibility index (Phi) is 1.82. The lowest BCUT2D eigenvalue weighted by atomic mass is 10.6. The van der Waals surface area contributed by atoms with Crippen molar-refractivity contribution >= 4 is 31.9 Å². The van der Waals surface area contributed by atoms with Crippen molar-refractivity contribution in [3.63, 3.8) is 0 Å². The van der Waals surface area contributed by atoms with E-state index in [-0.39, 0.29) is 12.3 Å². The molecule has 0 aromatic carbocycles. The number of nitrogens with zero attached hydrogens (tertiary/aromatic N) is 4. The fourth-order valence-electron chi connectivity index (χ4n) is 0.789. The third-order valence-electron chi connectivity index (χ3n) is 1.28. The maximum Gasteiger partial charge on any atom is 0.198 e. The molecule has 0 N–H and O–H groups in total. The second kappa shape index (κ2) is 3.55. The minimum atomic E-state index is 0.00901. The van der Waals surface area contributed by atoms with E-state index < -0.39 is 0 Å². The SMILES string of the molecule is [2H]c1nn(-c2ccnc(Br)n2)c([2H])c1Br. The second-order valence-corrected chi connectivity index (χ2v) is 3.64. The van der Waals surface area contributed by atoms with Gasteiger partial charge in [-0.3, -0.25) is 0 Å². The number of hydrogen-bond donors (Lipinski definition) is 0. The molecule has 13 heavy (non-hydrogen) atoms. The van der Waals surface area contributed by atoms with Crippen molar-refractivity contribution in [2.45, 2.75) is 0 Å². The zero-order chi connectivity index (χ0) is 11.0. The van der Waals surface area contributed by atoms with Crippen LogP contribution < -0.4 is 0 Å². The molecule has 0 bridgehead atoms. The average Bonchev–Trinajstić information content (AvgIpc) is 2.46. The van der Waals surface area contributed by atoms with Crippen LogP contribution in [-0.2, 0) is 0 Å². The first-order valence-corrected chi connectivity index (χ1v) is 4.89. The van der Waals surface area contributed by atoms with E-state index in [1.165, 1.54) is 4.68 Å². The summed E-state index contributed by atoms with van der Waals surface area (Å²) in [5.41, 5.74) is 0. The van der Waals surface area contributed by atoms with Gasteiger partial charge in [-0.15, -0.1) is 0 Å². The third kappa shape index (κ3) is 1.94. The van der Waals surface area contributed by atoms with Gasteiger partial charge in [0.2, 0.25) is 0 Å². The van der Waals surface area contributed by atoms with Crippen molar-refractivity contribution in [2.75, 3.05) is 0 Å². The largest absolute Gasteiger partial charge is 0.231 e. The van der Waals surface area contributed by atoms with Gasteiger partial charge < -0.3 is 0 Å². The summed E-state index contributed by atoms with van der Waals surface area (Å²) in [6, 6.07) is 1.61. The van der Waals surface area contributed by atoms with Gasteiger partial charge in [0, 0.05) is 18.4 Å². The topological polar surface area (TPSA) is 43.6 Å². The van der Waals surface area contributed by atoms with Gasteiger partial charge in [-0.1, -0.05) is 0 Å². The standard InChI is InChI=1S/C7H4Br2N4/c8-5-3-11-13(4-5)6-1-2-10-7(9)12-6/h1-4H/i3D,4D. The molecule has 0 fully saturated rings. The number of halogens is 2. The molecule has 66 valence electrons. The normalized spacial score (nSPS) is 12.5. The van der Waals surface area contributed by atoms with Gasteiger partial charge in [0.05, 0.1) is 13.4 Å². The third-order valence-corrected chi connectivity index (χ3v) is 2.02. The van der Waals surface area contributed by atoms with Gasteiger partial charge in [-0.05, 0) is 31.9 Å². The molecule has 0 saturated carbocycles. The van der Waals surface area contributed by atoms with E-state index in [1.807, 2.05) is 0 Å². The number of hydrogen-bond acceptors (Lipinski definition) is 3. The maximum atomic E-state index is 7.68. The van der Waals surface area contributed by atoms with Crippen LogP contribution in [0.1, 0.15) is 2.74 Å².